The van der Waals surface area contributed by atoms with E-state index in [4.69, 9.17) is 0 Å². The van der Waals surface area contributed by atoms with E-state index in [1.54, 1.807) is 0 Å². The molecule has 0 bridgehead atoms. The van der Waals surface area contributed by atoms with Crippen LogP contribution in [0.1, 0.15) is 6.42 Å². The first kappa shape index (κ1) is 3.87. The molecule has 40 valence electrons. The van der Waals surface area contributed by atoms with Crippen LogP contribution in [0.2, 0.25) is 0 Å². The Morgan fingerprint density at radius 3 is 2.71 bits per heavy atom. The van der Waals surface area contributed by atoms with Crippen LogP contribution in [0, 0.1) is 5.92 Å². The SMILES string of the molecule is CN1NCC2CC21. The van der Waals surface area contributed by atoms with Crippen molar-refractivity contribution in [2.75, 3.05) is 13.6 Å². The third-order valence-corrected chi connectivity index (χ3v) is 1.99. The lowest BCUT2D eigenvalue weighted by molar-refractivity contribution is 0.272. The maximum atomic E-state index is 3.25. The third-order valence-electron chi connectivity index (χ3n) is 1.99. The fourth-order valence-electron chi connectivity index (χ4n) is 1.30. The Morgan fingerprint density at radius 1 is 1.71 bits per heavy atom. The monoisotopic (exact) mass is 98.1 g/mol. The van der Waals surface area contributed by atoms with Gasteiger partial charge in [-0.1, -0.05) is 0 Å². The Bertz CT molecular complexity index is 92.1. The number of nitrogens with zero attached hydrogens (tertiary/aromatic N) is 1. The van der Waals surface area contributed by atoms with Crippen molar-refractivity contribution in [3.05, 3.63) is 0 Å². The Hall–Kier alpha value is -0.0800. The molecule has 0 spiro atoms. The largest absolute Gasteiger partial charge is 0.255 e. The maximum Gasteiger partial charge on any atom is 0.0285 e. The van der Waals surface area contributed by atoms with Crippen LogP contribution in [0.4, 0.5) is 0 Å². The Labute approximate surface area is 43.5 Å². The number of fused-ring (bicyclic) bond motifs is 1. The first-order valence-corrected chi connectivity index (χ1v) is 2.84. The van der Waals surface area contributed by atoms with Crippen LogP contribution in [0.25, 0.3) is 0 Å². The zero-order valence-corrected chi connectivity index (χ0v) is 4.52. The molecule has 1 saturated heterocycles. The van der Waals surface area contributed by atoms with Gasteiger partial charge in [0, 0.05) is 19.6 Å². The van der Waals surface area contributed by atoms with Crippen molar-refractivity contribution >= 4 is 0 Å². The van der Waals surface area contributed by atoms with Gasteiger partial charge in [-0.15, -0.1) is 0 Å². The van der Waals surface area contributed by atoms with Gasteiger partial charge in [-0.25, -0.2) is 5.01 Å². The molecule has 7 heavy (non-hydrogen) atoms. The van der Waals surface area contributed by atoms with Crippen molar-refractivity contribution in [2.45, 2.75) is 12.5 Å². The van der Waals surface area contributed by atoms with Crippen molar-refractivity contribution in [1.29, 1.82) is 0 Å². The second kappa shape index (κ2) is 1.01. The van der Waals surface area contributed by atoms with Gasteiger partial charge in [0.2, 0.25) is 0 Å². The highest BCUT2D eigenvalue weighted by Gasteiger charge is 2.44. The predicted molar refractivity (Wildman–Crippen MR) is 27.7 cm³/mol. The van der Waals surface area contributed by atoms with Crippen LogP contribution in [-0.2, 0) is 0 Å². The lowest BCUT2D eigenvalue weighted by Crippen LogP contribution is -2.30. The Balaban J connectivity index is 2.08. The molecule has 1 aliphatic carbocycles. The van der Waals surface area contributed by atoms with Crippen molar-refractivity contribution in [1.82, 2.24) is 10.4 Å². The van der Waals surface area contributed by atoms with Gasteiger partial charge in [-0.05, 0) is 12.3 Å². The van der Waals surface area contributed by atoms with Gasteiger partial charge in [-0.2, -0.15) is 0 Å². The quantitative estimate of drug-likeness (QED) is 0.452. The normalized spacial score (nSPS) is 49.3. The fraction of sp³-hybridized carbons (Fsp3) is 1.00. The zero-order chi connectivity index (χ0) is 4.85. The van der Waals surface area contributed by atoms with Crippen molar-refractivity contribution in [2.24, 2.45) is 5.92 Å². The van der Waals surface area contributed by atoms with Crippen LogP contribution in [0.15, 0.2) is 0 Å². The summed E-state index contributed by atoms with van der Waals surface area (Å²) in [6.45, 7) is 1.22. The summed E-state index contributed by atoms with van der Waals surface area (Å²) in [5, 5.41) is 2.23. The minimum absolute atomic E-state index is 0.903. The van der Waals surface area contributed by atoms with Gasteiger partial charge in [0.05, 0.1) is 0 Å². The molecule has 2 aliphatic rings. The average molecular weight is 98.1 g/mol. The molecule has 0 aromatic carbocycles. The summed E-state index contributed by atoms with van der Waals surface area (Å²) < 4.78 is 0. The highest BCUT2D eigenvalue weighted by molar-refractivity contribution is 4.98. The van der Waals surface area contributed by atoms with Gasteiger partial charge in [-0.3, -0.25) is 5.43 Å². The minimum Gasteiger partial charge on any atom is -0.255 e. The maximum absolute atomic E-state index is 3.25. The summed E-state index contributed by atoms with van der Waals surface area (Å²) in [7, 11) is 2.12. The minimum atomic E-state index is 0.903. The zero-order valence-electron chi connectivity index (χ0n) is 4.52. The van der Waals surface area contributed by atoms with Crippen LogP contribution in [0.3, 0.4) is 0 Å². The third kappa shape index (κ3) is 0.409. The van der Waals surface area contributed by atoms with Crippen LogP contribution in [-0.4, -0.2) is 24.6 Å². The van der Waals surface area contributed by atoms with Gasteiger partial charge in [0.15, 0.2) is 0 Å². The molecule has 0 amide bonds. The lowest BCUT2D eigenvalue weighted by atomic mass is 10.4. The summed E-state index contributed by atoms with van der Waals surface area (Å²) in [6, 6.07) is 0.903. The smallest absolute Gasteiger partial charge is 0.0285 e. The van der Waals surface area contributed by atoms with E-state index in [-0.39, 0.29) is 0 Å². The molecule has 0 radical (unpaired) electrons. The van der Waals surface area contributed by atoms with Crippen LogP contribution in [0.5, 0.6) is 0 Å². The standard InChI is InChI=1S/C5H10N2/c1-7-5-2-4(5)3-6-7/h4-6H,2-3H2,1H3. The number of hydrogen-bond acceptors (Lipinski definition) is 2. The molecule has 2 nitrogen and oxygen atoms in total. The van der Waals surface area contributed by atoms with E-state index in [2.05, 4.69) is 17.5 Å². The average Bonchev–Trinajstić information content (AvgIpc) is 2.33. The van der Waals surface area contributed by atoms with Crippen LogP contribution >= 0.6 is 0 Å². The second-order valence-electron chi connectivity index (χ2n) is 2.54. The summed E-state index contributed by atoms with van der Waals surface area (Å²) in [6.07, 6.45) is 1.43. The molecule has 1 saturated carbocycles. The van der Waals surface area contributed by atoms with E-state index in [9.17, 15) is 0 Å². The van der Waals surface area contributed by atoms with E-state index in [1.165, 1.54) is 13.0 Å². The fourth-order valence-corrected chi connectivity index (χ4v) is 1.30. The molecule has 1 N–H and O–H groups in total. The lowest BCUT2D eigenvalue weighted by Gasteiger charge is -2.08. The Kier molecular flexibility index (Phi) is 0.557. The number of rotatable bonds is 0. The molecule has 2 rings (SSSR count). The number of nitrogens with one attached hydrogen (secondary N) is 1. The molecule has 1 heterocycles. The van der Waals surface area contributed by atoms with Gasteiger partial charge in [0.1, 0.15) is 0 Å². The van der Waals surface area contributed by atoms with Crippen molar-refractivity contribution < 1.29 is 0 Å². The summed E-state index contributed by atoms with van der Waals surface area (Å²) in [5.74, 6) is 1.00. The summed E-state index contributed by atoms with van der Waals surface area (Å²) in [4.78, 5) is 0. The molecule has 2 heteroatoms. The molecule has 2 unspecified atom stereocenters. The Morgan fingerprint density at radius 2 is 2.57 bits per heavy atom. The van der Waals surface area contributed by atoms with E-state index in [1.807, 2.05) is 0 Å². The number of hydrogen-bond donors (Lipinski definition) is 1. The molecule has 2 fully saturated rings. The topological polar surface area (TPSA) is 15.3 Å². The highest BCUT2D eigenvalue weighted by Crippen LogP contribution is 2.37. The molecule has 0 aromatic heterocycles. The van der Waals surface area contributed by atoms with Crippen molar-refractivity contribution in [3.8, 4) is 0 Å². The summed E-state index contributed by atoms with van der Waals surface area (Å²) >= 11 is 0. The van der Waals surface area contributed by atoms with Crippen molar-refractivity contribution in [3.63, 3.8) is 0 Å². The van der Waals surface area contributed by atoms with Crippen LogP contribution < -0.4 is 5.43 Å². The van der Waals surface area contributed by atoms with E-state index in [0.29, 0.717) is 0 Å². The number of hydrazine groups is 1. The molecular formula is C5H10N2. The van der Waals surface area contributed by atoms with Gasteiger partial charge < -0.3 is 0 Å². The van der Waals surface area contributed by atoms with E-state index >= 15 is 0 Å². The molecule has 0 aromatic rings. The first-order chi connectivity index (χ1) is 3.38. The predicted octanol–water partition coefficient (Wildman–Crippen LogP) is -0.175. The second-order valence-corrected chi connectivity index (χ2v) is 2.54. The van der Waals surface area contributed by atoms with E-state index in [0.717, 1.165) is 12.0 Å². The first-order valence-electron chi connectivity index (χ1n) is 2.84. The molecular weight excluding hydrogens is 88.1 g/mol. The summed E-state index contributed by atoms with van der Waals surface area (Å²) in [5.41, 5.74) is 3.25. The molecule has 2 atom stereocenters. The van der Waals surface area contributed by atoms with Gasteiger partial charge >= 0.3 is 0 Å². The highest BCUT2D eigenvalue weighted by atomic mass is 15.6. The molecule has 1 aliphatic heterocycles. The van der Waals surface area contributed by atoms with E-state index < -0.39 is 0 Å². The van der Waals surface area contributed by atoms with Gasteiger partial charge in [0.25, 0.3) is 0 Å².